The van der Waals surface area contributed by atoms with Crippen LogP contribution in [-0.4, -0.2) is 10.5 Å². The van der Waals surface area contributed by atoms with E-state index in [0.717, 1.165) is 16.6 Å². The molecule has 100 valence electrons. The van der Waals surface area contributed by atoms with Crippen LogP contribution in [0.1, 0.15) is 6.92 Å². The highest BCUT2D eigenvalue weighted by molar-refractivity contribution is 6.00. The number of nitrogens with zero attached hydrogens (tertiary/aromatic N) is 1. The third-order valence-corrected chi connectivity index (χ3v) is 3.39. The van der Waals surface area contributed by atoms with Gasteiger partial charge in [-0.05, 0) is 23.8 Å². The lowest BCUT2D eigenvalue weighted by Crippen LogP contribution is -2.05. The first-order valence-electron chi connectivity index (χ1n) is 6.57. The SMILES string of the molecule is CC(=O)Nc1ccc2c(c1)c(-c1ccccc1)cn2C. The second kappa shape index (κ2) is 4.85. The van der Waals surface area contributed by atoms with Crippen LogP contribution >= 0.6 is 0 Å². The highest BCUT2D eigenvalue weighted by Crippen LogP contribution is 2.31. The number of aromatic nitrogens is 1. The summed E-state index contributed by atoms with van der Waals surface area (Å²) in [5.74, 6) is -0.0541. The summed E-state index contributed by atoms with van der Waals surface area (Å²) in [5, 5.41) is 3.98. The van der Waals surface area contributed by atoms with Crippen LogP contribution in [0.2, 0.25) is 0 Å². The summed E-state index contributed by atoms with van der Waals surface area (Å²) in [7, 11) is 2.03. The Hall–Kier alpha value is -2.55. The highest BCUT2D eigenvalue weighted by atomic mass is 16.1. The van der Waals surface area contributed by atoms with Crippen LogP contribution in [-0.2, 0) is 11.8 Å². The largest absolute Gasteiger partial charge is 0.350 e. The van der Waals surface area contributed by atoms with Gasteiger partial charge in [-0.3, -0.25) is 4.79 Å². The number of hydrogen-bond acceptors (Lipinski definition) is 1. The van der Waals surface area contributed by atoms with Crippen LogP contribution in [0.5, 0.6) is 0 Å². The van der Waals surface area contributed by atoms with E-state index in [1.807, 2.05) is 43.4 Å². The average Bonchev–Trinajstić information content (AvgIpc) is 2.76. The quantitative estimate of drug-likeness (QED) is 0.750. The molecule has 0 radical (unpaired) electrons. The molecule has 1 amide bonds. The lowest BCUT2D eigenvalue weighted by Gasteiger charge is -2.04. The number of rotatable bonds is 2. The van der Waals surface area contributed by atoms with Crippen molar-refractivity contribution in [3.05, 3.63) is 54.7 Å². The molecule has 2 aromatic carbocycles. The normalized spacial score (nSPS) is 10.7. The molecule has 3 nitrogen and oxygen atoms in total. The van der Waals surface area contributed by atoms with Crippen molar-refractivity contribution in [3.63, 3.8) is 0 Å². The Balaban J connectivity index is 2.19. The molecule has 3 heteroatoms. The second-order valence-electron chi connectivity index (χ2n) is 4.93. The van der Waals surface area contributed by atoms with Crippen molar-refractivity contribution in [1.29, 1.82) is 0 Å². The van der Waals surface area contributed by atoms with E-state index < -0.39 is 0 Å². The fraction of sp³-hybridized carbons (Fsp3) is 0.118. The van der Waals surface area contributed by atoms with Crippen molar-refractivity contribution in [2.45, 2.75) is 6.92 Å². The molecule has 1 aromatic heterocycles. The van der Waals surface area contributed by atoms with Crippen LogP contribution in [0, 0.1) is 0 Å². The van der Waals surface area contributed by atoms with Gasteiger partial charge in [0.1, 0.15) is 0 Å². The van der Waals surface area contributed by atoms with Gasteiger partial charge >= 0.3 is 0 Å². The number of benzene rings is 2. The van der Waals surface area contributed by atoms with Crippen molar-refractivity contribution in [3.8, 4) is 11.1 Å². The summed E-state index contributed by atoms with van der Waals surface area (Å²) in [4.78, 5) is 11.2. The molecule has 3 aromatic rings. The Labute approximate surface area is 117 Å². The van der Waals surface area contributed by atoms with Gasteiger partial charge in [0.2, 0.25) is 5.91 Å². The molecule has 1 N–H and O–H groups in total. The van der Waals surface area contributed by atoms with Crippen molar-refractivity contribution in [2.75, 3.05) is 5.32 Å². The summed E-state index contributed by atoms with van der Waals surface area (Å²) in [5.41, 5.74) is 4.33. The summed E-state index contributed by atoms with van der Waals surface area (Å²) in [6.45, 7) is 1.52. The van der Waals surface area contributed by atoms with Crippen LogP contribution in [0.25, 0.3) is 22.0 Å². The van der Waals surface area contributed by atoms with Gasteiger partial charge in [-0.1, -0.05) is 30.3 Å². The first kappa shape index (κ1) is 12.5. The van der Waals surface area contributed by atoms with E-state index in [4.69, 9.17) is 0 Å². The van der Waals surface area contributed by atoms with Crippen LogP contribution < -0.4 is 5.32 Å². The maximum atomic E-state index is 11.2. The van der Waals surface area contributed by atoms with Gasteiger partial charge < -0.3 is 9.88 Å². The molecule has 0 bridgehead atoms. The number of nitrogens with one attached hydrogen (secondary N) is 1. The smallest absolute Gasteiger partial charge is 0.221 e. The predicted octanol–water partition coefficient (Wildman–Crippen LogP) is 3.80. The van der Waals surface area contributed by atoms with Gasteiger partial charge in [0.05, 0.1) is 0 Å². The van der Waals surface area contributed by atoms with E-state index in [1.54, 1.807) is 0 Å². The summed E-state index contributed by atoms with van der Waals surface area (Å²) < 4.78 is 2.11. The van der Waals surface area contributed by atoms with E-state index in [2.05, 4.69) is 28.2 Å². The third kappa shape index (κ3) is 2.18. The maximum Gasteiger partial charge on any atom is 0.221 e. The molecule has 0 aliphatic carbocycles. The summed E-state index contributed by atoms with van der Waals surface area (Å²) in [6, 6.07) is 16.3. The monoisotopic (exact) mass is 264 g/mol. The third-order valence-electron chi connectivity index (χ3n) is 3.39. The van der Waals surface area contributed by atoms with Crippen molar-refractivity contribution < 1.29 is 4.79 Å². The topological polar surface area (TPSA) is 34.0 Å². The Morgan fingerprint density at radius 1 is 1.10 bits per heavy atom. The maximum absolute atomic E-state index is 11.2. The minimum absolute atomic E-state index is 0.0541. The number of hydrogen-bond donors (Lipinski definition) is 1. The zero-order valence-electron chi connectivity index (χ0n) is 11.6. The molecular weight excluding hydrogens is 248 g/mol. The number of carbonyl (C=O) groups is 1. The molecule has 0 aliphatic heterocycles. The van der Waals surface area contributed by atoms with Gasteiger partial charge in [0, 0.05) is 42.3 Å². The zero-order valence-corrected chi connectivity index (χ0v) is 11.6. The number of amides is 1. The van der Waals surface area contributed by atoms with Crippen LogP contribution in [0.15, 0.2) is 54.7 Å². The van der Waals surface area contributed by atoms with Gasteiger partial charge in [-0.15, -0.1) is 0 Å². The van der Waals surface area contributed by atoms with Crippen molar-refractivity contribution >= 4 is 22.5 Å². The molecule has 0 aliphatic rings. The minimum atomic E-state index is -0.0541. The Morgan fingerprint density at radius 2 is 1.85 bits per heavy atom. The number of fused-ring (bicyclic) bond motifs is 1. The first-order chi connectivity index (χ1) is 9.65. The Kier molecular flexibility index (Phi) is 3.03. The van der Waals surface area contributed by atoms with E-state index >= 15 is 0 Å². The molecule has 0 saturated carbocycles. The molecule has 0 atom stereocenters. The Bertz CT molecular complexity index is 772. The van der Waals surface area contributed by atoms with Crippen molar-refractivity contribution in [1.82, 2.24) is 4.57 Å². The van der Waals surface area contributed by atoms with Crippen molar-refractivity contribution in [2.24, 2.45) is 7.05 Å². The van der Waals surface area contributed by atoms with E-state index in [9.17, 15) is 4.79 Å². The van der Waals surface area contributed by atoms with Gasteiger partial charge in [0.25, 0.3) is 0 Å². The fourth-order valence-electron chi connectivity index (χ4n) is 2.52. The number of anilines is 1. The summed E-state index contributed by atoms with van der Waals surface area (Å²) >= 11 is 0. The molecule has 0 fully saturated rings. The predicted molar refractivity (Wildman–Crippen MR) is 82.7 cm³/mol. The van der Waals surface area contributed by atoms with Gasteiger partial charge in [-0.25, -0.2) is 0 Å². The van der Waals surface area contributed by atoms with Crippen LogP contribution in [0.3, 0.4) is 0 Å². The van der Waals surface area contributed by atoms with Gasteiger partial charge in [-0.2, -0.15) is 0 Å². The highest BCUT2D eigenvalue weighted by Gasteiger charge is 2.09. The zero-order chi connectivity index (χ0) is 14.1. The lowest BCUT2D eigenvalue weighted by atomic mass is 10.0. The van der Waals surface area contributed by atoms with Crippen LogP contribution in [0.4, 0.5) is 5.69 Å². The Morgan fingerprint density at radius 3 is 2.55 bits per heavy atom. The molecule has 20 heavy (non-hydrogen) atoms. The lowest BCUT2D eigenvalue weighted by molar-refractivity contribution is -0.114. The second-order valence-corrected chi connectivity index (χ2v) is 4.93. The summed E-state index contributed by atoms with van der Waals surface area (Å²) in [6.07, 6.45) is 2.12. The molecule has 3 rings (SSSR count). The molecule has 0 unspecified atom stereocenters. The standard InChI is InChI=1S/C17H16N2O/c1-12(20)18-14-8-9-17-15(10-14)16(11-19(17)2)13-6-4-3-5-7-13/h3-11H,1-2H3,(H,18,20). The average molecular weight is 264 g/mol. The fourth-order valence-corrected chi connectivity index (χ4v) is 2.52. The molecule has 0 spiro atoms. The molecule has 1 heterocycles. The van der Waals surface area contributed by atoms with E-state index in [-0.39, 0.29) is 5.91 Å². The molecular formula is C17H16N2O. The van der Waals surface area contributed by atoms with E-state index in [1.165, 1.54) is 18.1 Å². The molecule has 0 saturated heterocycles. The number of aryl methyl sites for hydroxylation is 1. The number of carbonyl (C=O) groups excluding carboxylic acids is 1. The first-order valence-corrected chi connectivity index (χ1v) is 6.57. The van der Waals surface area contributed by atoms with E-state index in [0.29, 0.717) is 0 Å². The van der Waals surface area contributed by atoms with Gasteiger partial charge in [0.15, 0.2) is 0 Å². The minimum Gasteiger partial charge on any atom is -0.350 e.